The van der Waals surface area contributed by atoms with Crippen LogP contribution in [0.2, 0.25) is 0 Å². The minimum absolute atomic E-state index is 0.0503. The molecule has 26 heavy (non-hydrogen) atoms. The Morgan fingerprint density at radius 1 is 1.00 bits per heavy atom. The lowest BCUT2D eigenvalue weighted by Gasteiger charge is -2.16. The number of amides is 1. The first-order valence-corrected chi connectivity index (χ1v) is 7.61. The Morgan fingerprint density at radius 3 is 2.15 bits per heavy atom. The van der Waals surface area contributed by atoms with Crippen molar-refractivity contribution in [2.75, 3.05) is 19.5 Å². The van der Waals surface area contributed by atoms with Gasteiger partial charge in [-0.2, -0.15) is 13.2 Å². The first-order valence-electron chi connectivity index (χ1n) is 7.61. The number of carbonyl (C=O) groups excluding carboxylic acids is 1. The van der Waals surface area contributed by atoms with Crippen LogP contribution in [-0.4, -0.2) is 26.2 Å². The normalized spacial score (nSPS) is 12.2. The van der Waals surface area contributed by atoms with Gasteiger partial charge in [0.25, 0.3) is 5.91 Å². The van der Waals surface area contributed by atoms with Gasteiger partial charge in [-0.3, -0.25) is 4.79 Å². The van der Waals surface area contributed by atoms with Crippen molar-refractivity contribution >= 4 is 11.6 Å². The summed E-state index contributed by atoms with van der Waals surface area (Å²) in [6.07, 6.45) is -5.50. The van der Waals surface area contributed by atoms with E-state index in [-0.39, 0.29) is 5.75 Å². The Hall–Kier alpha value is -2.90. The molecule has 0 aliphatic carbocycles. The van der Waals surface area contributed by atoms with Crippen LogP contribution in [0.1, 0.15) is 12.5 Å². The van der Waals surface area contributed by atoms with Crippen LogP contribution >= 0.6 is 0 Å². The molecule has 0 saturated carbocycles. The van der Waals surface area contributed by atoms with Crippen molar-refractivity contribution in [1.29, 1.82) is 0 Å². The average molecular weight is 369 g/mol. The van der Waals surface area contributed by atoms with Gasteiger partial charge >= 0.3 is 6.18 Å². The number of anilines is 1. The van der Waals surface area contributed by atoms with E-state index in [1.807, 2.05) is 0 Å². The smallest absolute Gasteiger partial charge is 0.416 e. The molecule has 0 bridgehead atoms. The molecule has 1 amide bonds. The Labute approximate surface area is 148 Å². The molecule has 0 heterocycles. The molecule has 1 N–H and O–H groups in total. The van der Waals surface area contributed by atoms with Gasteiger partial charge in [-0.25, -0.2) is 0 Å². The van der Waals surface area contributed by atoms with Crippen LogP contribution in [0, 0.1) is 0 Å². The molecule has 5 nitrogen and oxygen atoms in total. The number of nitrogens with one attached hydrogen (secondary N) is 1. The minimum atomic E-state index is -4.48. The van der Waals surface area contributed by atoms with E-state index in [2.05, 4.69) is 5.32 Å². The number of carbonyl (C=O) groups is 1. The summed E-state index contributed by atoms with van der Waals surface area (Å²) in [5, 5.41) is 2.61. The van der Waals surface area contributed by atoms with Gasteiger partial charge in [0.15, 0.2) is 6.10 Å². The predicted octanol–water partition coefficient (Wildman–Crippen LogP) is 4.13. The number of methoxy groups -OCH3 is 2. The molecule has 140 valence electrons. The fourth-order valence-electron chi connectivity index (χ4n) is 2.13. The maximum absolute atomic E-state index is 12.7. The van der Waals surface area contributed by atoms with Gasteiger partial charge in [0.1, 0.15) is 17.2 Å². The van der Waals surface area contributed by atoms with Crippen molar-refractivity contribution in [2.45, 2.75) is 19.2 Å². The van der Waals surface area contributed by atoms with Gasteiger partial charge < -0.3 is 19.5 Å². The summed E-state index contributed by atoms with van der Waals surface area (Å²) in [5.74, 6) is 0.376. The topological polar surface area (TPSA) is 56.8 Å². The zero-order chi connectivity index (χ0) is 19.3. The Balaban J connectivity index is 2.09. The highest BCUT2D eigenvalue weighted by atomic mass is 19.4. The van der Waals surface area contributed by atoms with E-state index in [0.29, 0.717) is 17.2 Å². The molecular formula is C18H18F3NO4. The van der Waals surface area contributed by atoms with Crippen LogP contribution in [0.4, 0.5) is 18.9 Å². The summed E-state index contributed by atoms with van der Waals surface area (Å²) in [5.41, 5.74) is -0.439. The molecule has 0 aromatic heterocycles. The van der Waals surface area contributed by atoms with Crippen molar-refractivity contribution in [3.05, 3.63) is 48.0 Å². The van der Waals surface area contributed by atoms with E-state index in [9.17, 15) is 18.0 Å². The van der Waals surface area contributed by atoms with Crippen LogP contribution in [0.15, 0.2) is 42.5 Å². The molecule has 2 aromatic rings. The Morgan fingerprint density at radius 2 is 1.62 bits per heavy atom. The fraction of sp³-hybridized carbons (Fsp3) is 0.278. The van der Waals surface area contributed by atoms with Gasteiger partial charge in [0, 0.05) is 23.9 Å². The molecule has 2 rings (SSSR count). The second-order valence-corrected chi connectivity index (χ2v) is 5.38. The highest BCUT2D eigenvalue weighted by Gasteiger charge is 2.30. The number of ether oxygens (including phenoxy) is 3. The molecule has 1 unspecified atom stereocenters. The average Bonchev–Trinajstić information content (AvgIpc) is 2.60. The lowest BCUT2D eigenvalue weighted by molar-refractivity contribution is -0.137. The van der Waals surface area contributed by atoms with Gasteiger partial charge in [-0.15, -0.1) is 0 Å². The van der Waals surface area contributed by atoms with Gasteiger partial charge in [-0.1, -0.05) is 6.07 Å². The third-order valence-corrected chi connectivity index (χ3v) is 3.46. The SMILES string of the molecule is COc1cc(NC(=O)C(C)Oc2cccc(C(F)(F)F)c2)cc(OC)c1. The molecule has 0 aliphatic heterocycles. The molecule has 0 fully saturated rings. The van der Waals surface area contributed by atoms with Crippen molar-refractivity contribution in [1.82, 2.24) is 0 Å². The number of hydrogen-bond donors (Lipinski definition) is 1. The molecule has 1 atom stereocenters. The highest BCUT2D eigenvalue weighted by Crippen LogP contribution is 2.31. The lowest BCUT2D eigenvalue weighted by atomic mass is 10.2. The Bertz CT molecular complexity index is 755. The summed E-state index contributed by atoms with van der Waals surface area (Å²) >= 11 is 0. The van der Waals surface area contributed by atoms with Crippen molar-refractivity contribution in [2.24, 2.45) is 0 Å². The lowest BCUT2D eigenvalue weighted by Crippen LogP contribution is -2.30. The number of alkyl halides is 3. The second-order valence-electron chi connectivity index (χ2n) is 5.38. The zero-order valence-electron chi connectivity index (χ0n) is 14.4. The third kappa shape index (κ3) is 5.05. The molecule has 0 spiro atoms. The summed E-state index contributed by atoms with van der Waals surface area (Å²) in [6, 6.07) is 9.15. The second kappa shape index (κ2) is 7.99. The number of benzene rings is 2. The van der Waals surface area contributed by atoms with Gasteiger partial charge in [0.05, 0.1) is 19.8 Å². The van der Waals surface area contributed by atoms with Crippen LogP contribution in [-0.2, 0) is 11.0 Å². The first kappa shape index (κ1) is 19.4. The van der Waals surface area contributed by atoms with Crippen LogP contribution in [0.25, 0.3) is 0 Å². The molecule has 0 radical (unpaired) electrons. The van der Waals surface area contributed by atoms with E-state index in [0.717, 1.165) is 12.1 Å². The molecule has 0 aliphatic rings. The number of rotatable bonds is 6. The molecule has 8 heteroatoms. The van der Waals surface area contributed by atoms with E-state index in [1.54, 1.807) is 18.2 Å². The monoisotopic (exact) mass is 369 g/mol. The number of halogens is 3. The van der Waals surface area contributed by atoms with Crippen molar-refractivity contribution in [3.8, 4) is 17.2 Å². The summed E-state index contributed by atoms with van der Waals surface area (Å²) in [6.45, 7) is 1.44. The minimum Gasteiger partial charge on any atom is -0.497 e. The first-order chi connectivity index (χ1) is 12.2. The van der Waals surface area contributed by atoms with Crippen LogP contribution < -0.4 is 19.5 Å². The quantitative estimate of drug-likeness (QED) is 0.832. The maximum Gasteiger partial charge on any atom is 0.416 e. The summed E-state index contributed by atoms with van der Waals surface area (Å²) < 4.78 is 53.8. The van der Waals surface area contributed by atoms with Gasteiger partial charge in [-0.05, 0) is 25.1 Å². The largest absolute Gasteiger partial charge is 0.497 e. The highest BCUT2D eigenvalue weighted by molar-refractivity contribution is 5.94. The Kier molecular flexibility index (Phi) is 5.97. The fourth-order valence-corrected chi connectivity index (χ4v) is 2.13. The predicted molar refractivity (Wildman–Crippen MR) is 89.7 cm³/mol. The molecule has 0 saturated heterocycles. The number of hydrogen-bond acceptors (Lipinski definition) is 4. The van der Waals surface area contributed by atoms with Crippen LogP contribution in [0.5, 0.6) is 17.2 Å². The van der Waals surface area contributed by atoms with E-state index < -0.39 is 23.8 Å². The summed E-state index contributed by atoms with van der Waals surface area (Å²) in [7, 11) is 2.94. The summed E-state index contributed by atoms with van der Waals surface area (Å²) in [4.78, 5) is 12.3. The van der Waals surface area contributed by atoms with Gasteiger partial charge in [0.2, 0.25) is 0 Å². The maximum atomic E-state index is 12.7. The zero-order valence-corrected chi connectivity index (χ0v) is 14.4. The van der Waals surface area contributed by atoms with Crippen molar-refractivity contribution in [3.63, 3.8) is 0 Å². The van der Waals surface area contributed by atoms with Crippen molar-refractivity contribution < 1.29 is 32.2 Å². The van der Waals surface area contributed by atoms with Crippen LogP contribution in [0.3, 0.4) is 0 Å². The standard InChI is InChI=1S/C18H18F3NO4/c1-11(26-14-6-4-5-12(7-14)18(19,20)21)17(23)22-13-8-15(24-2)10-16(9-13)25-3/h4-11H,1-3H3,(H,22,23). The molecular weight excluding hydrogens is 351 g/mol. The van der Waals surface area contributed by atoms with E-state index >= 15 is 0 Å². The molecule has 2 aromatic carbocycles. The third-order valence-electron chi connectivity index (χ3n) is 3.46. The van der Waals surface area contributed by atoms with E-state index in [1.165, 1.54) is 33.3 Å². The van der Waals surface area contributed by atoms with E-state index in [4.69, 9.17) is 14.2 Å².